The number of pyridine rings is 2. The lowest BCUT2D eigenvalue weighted by atomic mass is 9.80. The molecule has 1 aromatic carbocycles. The minimum Gasteiger partial charge on any atom is -0.481 e. The highest BCUT2D eigenvalue weighted by Crippen LogP contribution is 2.47. The monoisotopic (exact) mass is 713 g/mol. The Morgan fingerprint density at radius 1 is 1.00 bits per heavy atom. The van der Waals surface area contributed by atoms with Gasteiger partial charge in [0, 0.05) is 38.3 Å². The summed E-state index contributed by atoms with van der Waals surface area (Å²) in [5.74, 6) is -0.610. The van der Waals surface area contributed by atoms with Gasteiger partial charge in [0.25, 0.3) is 0 Å². The molecule has 0 unspecified atom stereocenters. The number of carbonyl (C=O) groups is 1. The molecule has 0 saturated carbocycles. The van der Waals surface area contributed by atoms with Gasteiger partial charge in [0.1, 0.15) is 5.66 Å². The van der Waals surface area contributed by atoms with Gasteiger partial charge < -0.3 is 30.0 Å². The summed E-state index contributed by atoms with van der Waals surface area (Å²) < 4.78 is 97.9. The minimum atomic E-state index is -5.02. The Morgan fingerprint density at radius 3 is 2.12 bits per heavy atom. The van der Waals surface area contributed by atoms with Crippen molar-refractivity contribution in [3.05, 3.63) is 76.2 Å². The molecule has 5 rings (SSSR count). The summed E-state index contributed by atoms with van der Waals surface area (Å²) >= 11 is 0. The molecule has 0 aliphatic carbocycles. The number of fused-ring (bicyclic) bond motifs is 1. The lowest BCUT2D eigenvalue weighted by molar-refractivity contribution is -0.143. The molecule has 10 nitrogen and oxygen atoms in total. The fourth-order valence-electron chi connectivity index (χ4n) is 6.12. The van der Waals surface area contributed by atoms with E-state index in [-0.39, 0.29) is 48.2 Å². The standard InChI is InChI=1S/C30H31F6N5O4.C4H10O/c1-3-28(37)15-22(26-23(41(28)27(42)43)4-5-24(39-26)44-2)25-18(13-21(16-38-25)40-6-8-45-9-7-40)10-17-11-19(29(31,32)33)14-20(12-17)30(34,35)36;1-3-5-4-2/h4-5,11-14,16,22H,3,6-10,15,37H2,1-2H3,(H,42,43);3-4H2,1-2H3/t22-,28+;/m0./s1. The molecular formula is C34H41F6N5O5. The van der Waals surface area contributed by atoms with Crippen molar-refractivity contribution in [3.63, 3.8) is 0 Å². The number of rotatable bonds is 8. The second kappa shape index (κ2) is 15.8. The van der Waals surface area contributed by atoms with E-state index < -0.39 is 41.2 Å². The van der Waals surface area contributed by atoms with E-state index >= 15 is 0 Å². The zero-order chi connectivity index (χ0) is 36.9. The number of alkyl halides is 6. The van der Waals surface area contributed by atoms with Crippen molar-refractivity contribution in [2.45, 2.75) is 64.0 Å². The van der Waals surface area contributed by atoms with Gasteiger partial charge in [-0.15, -0.1) is 0 Å². The Hall–Kier alpha value is -4.15. The molecule has 1 amide bonds. The van der Waals surface area contributed by atoms with Gasteiger partial charge >= 0.3 is 18.4 Å². The first-order valence-corrected chi connectivity index (χ1v) is 16.1. The Morgan fingerprint density at radius 2 is 1.62 bits per heavy atom. The molecule has 1 fully saturated rings. The van der Waals surface area contributed by atoms with Crippen LogP contribution >= 0.6 is 0 Å². The fourth-order valence-corrected chi connectivity index (χ4v) is 6.12. The number of carboxylic acid groups (broad SMARTS) is 1. The molecule has 2 aliphatic heterocycles. The zero-order valence-electron chi connectivity index (χ0n) is 28.2. The van der Waals surface area contributed by atoms with Crippen molar-refractivity contribution in [1.29, 1.82) is 0 Å². The summed E-state index contributed by atoms with van der Waals surface area (Å²) in [6.07, 6.45) is -9.95. The quantitative estimate of drug-likeness (QED) is 0.236. The van der Waals surface area contributed by atoms with Crippen molar-refractivity contribution < 1.29 is 50.5 Å². The molecule has 4 heterocycles. The molecule has 16 heteroatoms. The van der Waals surface area contributed by atoms with Crippen LogP contribution in [0.2, 0.25) is 0 Å². The van der Waals surface area contributed by atoms with Gasteiger partial charge in [-0.05, 0) is 74.6 Å². The van der Waals surface area contributed by atoms with Crippen LogP contribution in [0.4, 0.5) is 42.5 Å². The lowest BCUT2D eigenvalue weighted by Crippen LogP contribution is -2.61. The Kier molecular flexibility index (Phi) is 12.2. The molecule has 0 radical (unpaired) electrons. The number of aromatic nitrogens is 2. The summed E-state index contributed by atoms with van der Waals surface area (Å²) in [7, 11) is 1.38. The molecule has 2 aliphatic rings. The van der Waals surface area contributed by atoms with E-state index in [9.17, 15) is 36.2 Å². The average Bonchev–Trinajstić information content (AvgIpc) is 3.07. The van der Waals surface area contributed by atoms with E-state index in [4.69, 9.17) is 24.9 Å². The van der Waals surface area contributed by atoms with Crippen LogP contribution in [0.3, 0.4) is 0 Å². The number of hydrogen-bond acceptors (Lipinski definition) is 8. The van der Waals surface area contributed by atoms with Crippen LogP contribution in [-0.2, 0) is 28.2 Å². The molecule has 1 saturated heterocycles. The Bertz CT molecular complexity index is 1600. The van der Waals surface area contributed by atoms with Crippen LogP contribution in [0.15, 0.2) is 42.6 Å². The number of benzene rings is 1. The van der Waals surface area contributed by atoms with Gasteiger partial charge in [-0.3, -0.25) is 9.88 Å². The third kappa shape index (κ3) is 8.76. The SMILES string of the molecule is CCOCC.CC[C@]1(N)C[C@@H](c2ncc(N3CCOCC3)cc2Cc2cc(C(F)(F)F)cc(C(F)(F)F)c2)c2nc(OC)ccc2N1C(=O)O. The number of nitrogens with two attached hydrogens (primary N) is 1. The van der Waals surface area contributed by atoms with Crippen LogP contribution in [-0.4, -0.2) is 73.5 Å². The molecule has 3 aromatic rings. The zero-order valence-corrected chi connectivity index (χ0v) is 28.2. The predicted molar refractivity (Wildman–Crippen MR) is 174 cm³/mol. The largest absolute Gasteiger partial charge is 0.481 e. The summed E-state index contributed by atoms with van der Waals surface area (Å²) in [6.45, 7) is 9.24. The maximum Gasteiger partial charge on any atom is 0.416 e. The Balaban J connectivity index is 0.00000105. The van der Waals surface area contributed by atoms with Crippen LogP contribution in [0, 0.1) is 0 Å². The van der Waals surface area contributed by atoms with Crippen molar-refractivity contribution in [3.8, 4) is 5.88 Å². The van der Waals surface area contributed by atoms with Crippen LogP contribution in [0.5, 0.6) is 5.88 Å². The number of hydrogen-bond donors (Lipinski definition) is 2. The molecule has 0 bridgehead atoms. The number of nitrogens with zero attached hydrogens (tertiary/aromatic N) is 4. The summed E-state index contributed by atoms with van der Waals surface area (Å²) in [4.78, 5) is 24.6. The van der Waals surface area contributed by atoms with Gasteiger partial charge in [0.15, 0.2) is 0 Å². The number of ether oxygens (including phenoxy) is 3. The summed E-state index contributed by atoms with van der Waals surface area (Å²) in [5, 5.41) is 10.1. The van der Waals surface area contributed by atoms with E-state index in [1.54, 1.807) is 19.2 Å². The van der Waals surface area contributed by atoms with E-state index in [0.717, 1.165) is 18.1 Å². The molecular weight excluding hydrogens is 672 g/mol. The minimum absolute atomic E-state index is 0.0176. The molecule has 2 atom stereocenters. The molecule has 0 spiro atoms. The van der Waals surface area contributed by atoms with Crippen molar-refractivity contribution in [2.75, 3.05) is 56.4 Å². The van der Waals surface area contributed by atoms with Gasteiger partial charge in [-0.25, -0.2) is 9.78 Å². The van der Waals surface area contributed by atoms with Gasteiger partial charge in [0.2, 0.25) is 5.88 Å². The van der Waals surface area contributed by atoms with E-state index in [1.807, 2.05) is 18.7 Å². The van der Waals surface area contributed by atoms with Crippen LogP contribution < -0.4 is 20.3 Å². The van der Waals surface area contributed by atoms with Crippen molar-refractivity contribution in [2.24, 2.45) is 5.73 Å². The molecule has 50 heavy (non-hydrogen) atoms. The highest BCUT2D eigenvalue weighted by atomic mass is 19.4. The van der Waals surface area contributed by atoms with E-state index in [1.165, 1.54) is 19.2 Å². The molecule has 2 aromatic heterocycles. The van der Waals surface area contributed by atoms with E-state index in [0.29, 0.717) is 55.4 Å². The number of amides is 1. The Labute approximate surface area is 286 Å². The molecule has 3 N–H and O–H groups in total. The first kappa shape index (κ1) is 38.6. The van der Waals surface area contributed by atoms with Gasteiger partial charge in [-0.2, -0.15) is 26.3 Å². The normalized spacial score (nSPS) is 19.4. The van der Waals surface area contributed by atoms with E-state index in [2.05, 4.69) is 4.98 Å². The van der Waals surface area contributed by atoms with Gasteiger partial charge in [-0.1, -0.05) is 6.92 Å². The van der Waals surface area contributed by atoms with Crippen molar-refractivity contribution >= 4 is 17.5 Å². The number of anilines is 2. The second-order valence-electron chi connectivity index (χ2n) is 11.8. The maximum atomic E-state index is 13.7. The smallest absolute Gasteiger partial charge is 0.416 e. The topological polar surface area (TPSA) is 123 Å². The van der Waals surface area contributed by atoms with Crippen molar-refractivity contribution in [1.82, 2.24) is 9.97 Å². The lowest BCUT2D eigenvalue weighted by Gasteiger charge is -2.45. The van der Waals surface area contributed by atoms with Crippen LogP contribution in [0.1, 0.15) is 73.2 Å². The highest BCUT2D eigenvalue weighted by Gasteiger charge is 2.47. The van der Waals surface area contributed by atoms with Gasteiger partial charge in [0.05, 0.1) is 60.4 Å². The predicted octanol–water partition coefficient (Wildman–Crippen LogP) is 7.08. The first-order chi connectivity index (χ1) is 23.6. The average molecular weight is 714 g/mol. The fraction of sp³-hybridized carbons (Fsp3) is 0.500. The summed E-state index contributed by atoms with van der Waals surface area (Å²) in [5.41, 5.74) is 3.85. The highest BCUT2D eigenvalue weighted by molar-refractivity contribution is 5.89. The third-order valence-corrected chi connectivity index (χ3v) is 8.61. The summed E-state index contributed by atoms with van der Waals surface area (Å²) in [6, 6.07) is 6.15. The second-order valence-corrected chi connectivity index (χ2v) is 11.8. The first-order valence-electron chi connectivity index (χ1n) is 16.1. The number of methoxy groups -OCH3 is 1. The maximum absolute atomic E-state index is 13.7. The molecule has 274 valence electrons. The number of morpholine rings is 1. The number of halogens is 6. The third-order valence-electron chi connectivity index (χ3n) is 8.61. The van der Waals surface area contributed by atoms with Crippen LogP contribution in [0.25, 0.3) is 0 Å².